The van der Waals surface area contributed by atoms with Gasteiger partial charge >= 0.3 is 5.97 Å². The largest absolute Gasteiger partial charge is 0.480 e. The van der Waals surface area contributed by atoms with Gasteiger partial charge in [-0.15, -0.1) is 6.58 Å². The highest BCUT2D eigenvalue weighted by atomic mass is 16.4. The predicted octanol–water partition coefficient (Wildman–Crippen LogP) is 0.720. The van der Waals surface area contributed by atoms with E-state index in [0.29, 0.717) is 19.5 Å². The van der Waals surface area contributed by atoms with Gasteiger partial charge in [-0.1, -0.05) is 19.4 Å². The average molecular weight is 201 g/mol. The van der Waals surface area contributed by atoms with Gasteiger partial charge in [-0.2, -0.15) is 0 Å². The summed E-state index contributed by atoms with van der Waals surface area (Å²) >= 11 is 0. The van der Waals surface area contributed by atoms with Crippen LogP contribution >= 0.6 is 0 Å². The van der Waals surface area contributed by atoms with Crippen molar-refractivity contribution < 1.29 is 15.0 Å². The van der Waals surface area contributed by atoms with Crippen LogP contribution in [0.1, 0.15) is 19.8 Å². The van der Waals surface area contributed by atoms with E-state index in [-0.39, 0.29) is 6.61 Å². The molecule has 0 saturated heterocycles. The van der Waals surface area contributed by atoms with Crippen molar-refractivity contribution in [2.45, 2.75) is 25.8 Å². The zero-order valence-corrected chi connectivity index (χ0v) is 8.65. The molecule has 0 aliphatic rings. The third-order valence-electron chi connectivity index (χ3n) is 2.04. The second-order valence-electron chi connectivity index (χ2n) is 3.15. The molecular weight excluding hydrogens is 182 g/mol. The fraction of sp³-hybridized carbons (Fsp3) is 0.700. The minimum atomic E-state index is -0.831. The molecule has 2 N–H and O–H groups in total. The zero-order chi connectivity index (χ0) is 11.0. The SMILES string of the molecule is C=CCN(CCO)C(CCC)C(=O)O. The normalized spacial score (nSPS) is 12.8. The number of nitrogens with zero attached hydrogens (tertiary/aromatic N) is 1. The van der Waals surface area contributed by atoms with Crippen LogP contribution < -0.4 is 0 Å². The molecule has 4 heteroatoms. The molecule has 1 unspecified atom stereocenters. The lowest BCUT2D eigenvalue weighted by Gasteiger charge is -2.26. The molecule has 0 aromatic carbocycles. The summed E-state index contributed by atoms with van der Waals surface area (Å²) in [5, 5.41) is 17.8. The molecule has 0 spiro atoms. The smallest absolute Gasteiger partial charge is 0.320 e. The number of aliphatic carboxylic acids is 1. The highest BCUT2D eigenvalue weighted by molar-refractivity contribution is 5.73. The van der Waals surface area contributed by atoms with Crippen LogP contribution in [0, 0.1) is 0 Å². The van der Waals surface area contributed by atoms with Crippen molar-refractivity contribution in [3.8, 4) is 0 Å². The van der Waals surface area contributed by atoms with Crippen LogP contribution in [0.15, 0.2) is 12.7 Å². The summed E-state index contributed by atoms with van der Waals surface area (Å²) in [4.78, 5) is 12.6. The molecule has 0 amide bonds. The molecular formula is C10H19NO3. The van der Waals surface area contributed by atoms with Gasteiger partial charge in [-0.25, -0.2) is 0 Å². The van der Waals surface area contributed by atoms with E-state index in [2.05, 4.69) is 6.58 Å². The fourth-order valence-corrected chi connectivity index (χ4v) is 1.40. The van der Waals surface area contributed by atoms with E-state index in [1.165, 1.54) is 0 Å². The summed E-state index contributed by atoms with van der Waals surface area (Å²) < 4.78 is 0. The van der Waals surface area contributed by atoms with Crippen LogP contribution in [0.3, 0.4) is 0 Å². The first-order valence-corrected chi connectivity index (χ1v) is 4.86. The van der Waals surface area contributed by atoms with Gasteiger partial charge in [0.05, 0.1) is 6.61 Å². The van der Waals surface area contributed by atoms with Crippen LogP contribution in [0.2, 0.25) is 0 Å². The van der Waals surface area contributed by atoms with Gasteiger partial charge < -0.3 is 10.2 Å². The number of aliphatic hydroxyl groups excluding tert-OH is 1. The third kappa shape index (κ3) is 4.39. The molecule has 14 heavy (non-hydrogen) atoms. The monoisotopic (exact) mass is 201 g/mol. The van der Waals surface area contributed by atoms with Gasteiger partial charge in [0.1, 0.15) is 6.04 Å². The lowest BCUT2D eigenvalue weighted by molar-refractivity contribution is -0.143. The van der Waals surface area contributed by atoms with Gasteiger partial charge in [0, 0.05) is 13.1 Å². The Balaban J connectivity index is 4.36. The summed E-state index contributed by atoms with van der Waals surface area (Å²) in [6, 6.07) is -0.509. The van der Waals surface area contributed by atoms with Crippen molar-refractivity contribution in [1.29, 1.82) is 0 Å². The standard InChI is InChI=1S/C10H19NO3/c1-3-5-9(10(13)14)11(6-4-2)7-8-12/h4,9,12H,2-3,5-8H2,1H3,(H,13,14). The van der Waals surface area contributed by atoms with Crippen molar-refractivity contribution in [1.82, 2.24) is 4.90 Å². The minimum absolute atomic E-state index is 0.0265. The number of carboxylic acid groups (broad SMARTS) is 1. The Morgan fingerprint density at radius 1 is 1.64 bits per heavy atom. The van der Waals surface area contributed by atoms with Crippen LogP contribution in [0.5, 0.6) is 0 Å². The Morgan fingerprint density at radius 2 is 2.29 bits per heavy atom. The molecule has 0 saturated carbocycles. The quantitative estimate of drug-likeness (QED) is 0.568. The van der Waals surface area contributed by atoms with E-state index in [0.717, 1.165) is 6.42 Å². The van der Waals surface area contributed by atoms with Gasteiger partial charge in [0.2, 0.25) is 0 Å². The summed E-state index contributed by atoms with van der Waals surface area (Å²) in [6.07, 6.45) is 3.07. The highest BCUT2D eigenvalue weighted by Gasteiger charge is 2.22. The molecule has 0 aliphatic carbocycles. The number of carbonyl (C=O) groups is 1. The fourth-order valence-electron chi connectivity index (χ4n) is 1.40. The van der Waals surface area contributed by atoms with Crippen molar-refractivity contribution >= 4 is 5.97 Å². The molecule has 0 radical (unpaired) electrons. The summed E-state index contributed by atoms with van der Waals surface area (Å²) in [6.45, 7) is 6.36. The van der Waals surface area contributed by atoms with E-state index in [4.69, 9.17) is 10.2 Å². The van der Waals surface area contributed by atoms with Crippen molar-refractivity contribution in [3.63, 3.8) is 0 Å². The van der Waals surface area contributed by atoms with Crippen molar-refractivity contribution in [3.05, 3.63) is 12.7 Å². The molecule has 0 aliphatic heterocycles. The Bertz CT molecular complexity index is 182. The lowest BCUT2D eigenvalue weighted by Crippen LogP contribution is -2.42. The number of carboxylic acids is 1. The number of aliphatic hydroxyl groups is 1. The number of hydrogen-bond donors (Lipinski definition) is 2. The minimum Gasteiger partial charge on any atom is -0.480 e. The second-order valence-corrected chi connectivity index (χ2v) is 3.15. The van der Waals surface area contributed by atoms with Gasteiger partial charge in [-0.3, -0.25) is 9.69 Å². The van der Waals surface area contributed by atoms with Crippen LogP contribution in [-0.4, -0.2) is 46.8 Å². The Labute approximate surface area is 84.8 Å². The second kappa shape index (κ2) is 7.53. The Morgan fingerprint density at radius 3 is 2.64 bits per heavy atom. The zero-order valence-electron chi connectivity index (χ0n) is 8.65. The maximum Gasteiger partial charge on any atom is 0.320 e. The van der Waals surface area contributed by atoms with E-state index >= 15 is 0 Å². The van der Waals surface area contributed by atoms with E-state index in [1.807, 2.05) is 6.92 Å². The van der Waals surface area contributed by atoms with Crippen LogP contribution in [-0.2, 0) is 4.79 Å². The van der Waals surface area contributed by atoms with Gasteiger partial charge in [-0.05, 0) is 6.42 Å². The molecule has 0 fully saturated rings. The van der Waals surface area contributed by atoms with Gasteiger partial charge in [0.15, 0.2) is 0 Å². The molecule has 0 aromatic rings. The third-order valence-corrected chi connectivity index (χ3v) is 2.04. The number of rotatable bonds is 8. The lowest BCUT2D eigenvalue weighted by atomic mass is 10.1. The Hall–Kier alpha value is -0.870. The van der Waals surface area contributed by atoms with Gasteiger partial charge in [0.25, 0.3) is 0 Å². The molecule has 0 heterocycles. The molecule has 0 aromatic heterocycles. The van der Waals surface area contributed by atoms with Crippen molar-refractivity contribution in [2.24, 2.45) is 0 Å². The van der Waals surface area contributed by atoms with Crippen LogP contribution in [0.4, 0.5) is 0 Å². The molecule has 1 atom stereocenters. The van der Waals surface area contributed by atoms with Crippen molar-refractivity contribution in [2.75, 3.05) is 19.7 Å². The van der Waals surface area contributed by atoms with E-state index < -0.39 is 12.0 Å². The summed E-state index contributed by atoms with van der Waals surface area (Å²) in [7, 11) is 0. The average Bonchev–Trinajstić information content (AvgIpc) is 2.13. The van der Waals surface area contributed by atoms with E-state index in [9.17, 15) is 4.79 Å². The predicted molar refractivity (Wildman–Crippen MR) is 55.2 cm³/mol. The molecule has 0 rings (SSSR count). The Kier molecular flexibility index (Phi) is 7.06. The first-order valence-electron chi connectivity index (χ1n) is 4.86. The molecule has 4 nitrogen and oxygen atoms in total. The molecule has 0 bridgehead atoms. The topological polar surface area (TPSA) is 60.8 Å². The number of hydrogen-bond acceptors (Lipinski definition) is 3. The maximum atomic E-state index is 10.9. The van der Waals surface area contributed by atoms with Crippen LogP contribution in [0.25, 0.3) is 0 Å². The first kappa shape index (κ1) is 13.1. The van der Waals surface area contributed by atoms with E-state index in [1.54, 1.807) is 11.0 Å². The maximum absolute atomic E-state index is 10.9. The molecule has 82 valence electrons. The highest BCUT2D eigenvalue weighted by Crippen LogP contribution is 2.07. The first-order chi connectivity index (χ1) is 6.67. The summed E-state index contributed by atoms with van der Waals surface area (Å²) in [5.74, 6) is -0.831. The summed E-state index contributed by atoms with van der Waals surface area (Å²) in [5.41, 5.74) is 0.